The Morgan fingerprint density at radius 1 is 1.11 bits per heavy atom. The van der Waals surface area contributed by atoms with Crippen LogP contribution in [0.15, 0.2) is 36.4 Å². The molecule has 2 aromatic carbocycles. The number of benzene rings is 2. The van der Waals surface area contributed by atoms with E-state index in [1.807, 2.05) is 6.07 Å². The Balaban J connectivity index is 2.06. The van der Waals surface area contributed by atoms with Gasteiger partial charge in [0.25, 0.3) is 5.91 Å². The quantitative estimate of drug-likeness (QED) is 0.550. The summed E-state index contributed by atoms with van der Waals surface area (Å²) < 4.78 is 15.3. The number of rotatable bonds is 8. The predicted molar refractivity (Wildman–Crippen MR) is 99.6 cm³/mol. The fourth-order valence-electron chi connectivity index (χ4n) is 2.45. The van der Waals surface area contributed by atoms with Crippen molar-refractivity contribution in [3.05, 3.63) is 53.1 Å². The van der Waals surface area contributed by atoms with Crippen LogP contribution >= 0.6 is 0 Å². The number of aldehydes is 1. The molecule has 8 nitrogen and oxygen atoms in total. The summed E-state index contributed by atoms with van der Waals surface area (Å²) in [5.74, 6) is -1.15. The second-order valence-corrected chi connectivity index (χ2v) is 5.54. The first-order valence-corrected chi connectivity index (χ1v) is 8.17. The molecule has 0 heterocycles. The molecule has 1 amide bonds. The average molecular weight is 382 g/mol. The van der Waals surface area contributed by atoms with Gasteiger partial charge in [-0.25, -0.2) is 4.79 Å². The van der Waals surface area contributed by atoms with E-state index in [0.29, 0.717) is 12.0 Å². The summed E-state index contributed by atoms with van der Waals surface area (Å²) in [6.45, 7) is -0.558. The van der Waals surface area contributed by atoms with Crippen LogP contribution in [0.2, 0.25) is 0 Å². The van der Waals surface area contributed by atoms with Crippen LogP contribution in [-0.4, -0.2) is 39.0 Å². The zero-order valence-corrected chi connectivity index (χ0v) is 15.4. The van der Waals surface area contributed by atoms with E-state index in [1.165, 1.54) is 26.4 Å². The number of methoxy groups -OCH3 is 2. The zero-order valence-electron chi connectivity index (χ0n) is 15.4. The first-order valence-electron chi connectivity index (χ1n) is 8.17. The van der Waals surface area contributed by atoms with Crippen LogP contribution in [0.4, 0.5) is 5.69 Å². The molecule has 2 aromatic rings. The molecular formula is C20H18N2O6. The SMILES string of the molecule is COc1ccc(C=O)c(C(=O)OCC(=O)Nc2ccc(CC#N)cc2)c1OC. The van der Waals surface area contributed by atoms with Crippen LogP contribution in [0, 0.1) is 11.3 Å². The predicted octanol–water partition coefficient (Wildman–Crippen LogP) is 2.38. The second-order valence-electron chi connectivity index (χ2n) is 5.54. The molecule has 2 rings (SSSR count). The van der Waals surface area contributed by atoms with E-state index in [-0.39, 0.29) is 29.0 Å². The van der Waals surface area contributed by atoms with Crippen LogP contribution in [0.3, 0.4) is 0 Å². The van der Waals surface area contributed by atoms with Crippen LogP contribution in [0.5, 0.6) is 11.5 Å². The Hall–Kier alpha value is -3.86. The molecule has 0 saturated heterocycles. The maximum absolute atomic E-state index is 12.4. The Morgan fingerprint density at radius 3 is 2.39 bits per heavy atom. The molecule has 0 fully saturated rings. The number of hydrogen-bond donors (Lipinski definition) is 1. The number of anilines is 1. The van der Waals surface area contributed by atoms with Crippen molar-refractivity contribution in [1.82, 2.24) is 0 Å². The molecule has 0 atom stereocenters. The molecule has 0 radical (unpaired) electrons. The highest BCUT2D eigenvalue weighted by Gasteiger charge is 2.23. The van der Waals surface area contributed by atoms with Crippen molar-refractivity contribution in [2.45, 2.75) is 6.42 Å². The fraction of sp³-hybridized carbons (Fsp3) is 0.200. The summed E-state index contributed by atoms with van der Waals surface area (Å²) in [5.41, 5.74) is 1.25. The van der Waals surface area contributed by atoms with Crippen molar-refractivity contribution in [2.24, 2.45) is 0 Å². The maximum atomic E-state index is 12.4. The summed E-state index contributed by atoms with van der Waals surface area (Å²) in [4.78, 5) is 35.7. The van der Waals surface area contributed by atoms with Gasteiger partial charge < -0.3 is 19.5 Å². The van der Waals surface area contributed by atoms with Gasteiger partial charge >= 0.3 is 5.97 Å². The molecule has 0 aliphatic heterocycles. The summed E-state index contributed by atoms with van der Waals surface area (Å²) in [7, 11) is 2.72. The second kappa shape index (κ2) is 9.73. The monoisotopic (exact) mass is 382 g/mol. The minimum atomic E-state index is -0.891. The molecule has 0 spiro atoms. The standard InChI is InChI=1S/C20H18N2O6/c1-26-16-8-5-14(11-23)18(19(16)27-2)20(25)28-12-17(24)22-15-6-3-13(4-7-15)9-10-21/h3-8,11H,9,12H2,1-2H3,(H,22,24). The largest absolute Gasteiger partial charge is 0.493 e. The van der Waals surface area contributed by atoms with Crippen LogP contribution in [-0.2, 0) is 16.0 Å². The van der Waals surface area contributed by atoms with Gasteiger partial charge in [-0.05, 0) is 29.8 Å². The van der Waals surface area contributed by atoms with Gasteiger partial charge in [-0.15, -0.1) is 0 Å². The molecule has 0 aromatic heterocycles. The highest BCUT2D eigenvalue weighted by atomic mass is 16.5. The van der Waals surface area contributed by atoms with Gasteiger partial charge in [-0.1, -0.05) is 12.1 Å². The van der Waals surface area contributed by atoms with Crippen molar-refractivity contribution in [1.29, 1.82) is 5.26 Å². The Labute approximate surface area is 161 Å². The molecule has 0 bridgehead atoms. The molecule has 0 aliphatic rings. The summed E-state index contributed by atoms with van der Waals surface area (Å²) in [6.07, 6.45) is 0.759. The van der Waals surface area contributed by atoms with E-state index < -0.39 is 18.5 Å². The van der Waals surface area contributed by atoms with Gasteiger partial charge in [0.15, 0.2) is 24.4 Å². The number of amides is 1. The highest BCUT2D eigenvalue weighted by Crippen LogP contribution is 2.33. The van der Waals surface area contributed by atoms with E-state index in [4.69, 9.17) is 19.5 Å². The minimum absolute atomic E-state index is 0.0468. The Kier molecular flexibility index (Phi) is 7.11. The lowest BCUT2D eigenvalue weighted by atomic mass is 10.1. The van der Waals surface area contributed by atoms with E-state index in [2.05, 4.69) is 5.32 Å². The smallest absolute Gasteiger partial charge is 0.343 e. The van der Waals surface area contributed by atoms with Crippen molar-refractivity contribution >= 4 is 23.9 Å². The molecule has 0 unspecified atom stereocenters. The lowest BCUT2D eigenvalue weighted by Crippen LogP contribution is -2.22. The lowest BCUT2D eigenvalue weighted by Gasteiger charge is -2.14. The lowest BCUT2D eigenvalue weighted by molar-refractivity contribution is -0.119. The van der Waals surface area contributed by atoms with Crippen molar-refractivity contribution in [3.8, 4) is 17.6 Å². The van der Waals surface area contributed by atoms with Gasteiger partial charge in [0.1, 0.15) is 5.56 Å². The average Bonchev–Trinajstić information content (AvgIpc) is 2.72. The summed E-state index contributed by atoms with van der Waals surface area (Å²) >= 11 is 0. The molecule has 0 aliphatic carbocycles. The number of nitrogens with one attached hydrogen (secondary N) is 1. The number of nitrogens with zero attached hydrogens (tertiary/aromatic N) is 1. The fourth-order valence-corrected chi connectivity index (χ4v) is 2.45. The van der Waals surface area contributed by atoms with Gasteiger partial charge in [0.2, 0.25) is 0 Å². The highest BCUT2D eigenvalue weighted by molar-refractivity contribution is 6.03. The number of ether oxygens (including phenoxy) is 3. The molecule has 1 N–H and O–H groups in total. The van der Waals surface area contributed by atoms with Gasteiger partial charge in [-0.2, -0.15) is 5.26 Å². The zero-order chi connectivity index (χ0) is 20.5. The van der Waals surface area contributed by atoms with E-state index >= 15 is 0 Å². The minimum Gasteiger partial charge on any atom is -0.493 e. The molecule has 28 heavy (non-hydrogen) atoms. The number of esters is 1. The van der Waals surface area contributed by atoms with E-state index in [0.717, 1.165) is 5.56 Å². The molecule has 8 heteroatoms. The van der Waals surface area contributed by atoms with E-state index in [9.17, 15) is 14.4 Å². The third-order valence-corrected chi connectivity index (χ3v) is 3.76. The van der Waals surface area contributed by atoms with Crippen LogP contribution in [0.25, 0.3) is 0 Å². The van der Waals surface area contributed by atoms with E-state index in [1.54, 1.807) is 24.3 Å². The first-order chi connectivity index (χ1) is 13.5. The molecular weight excluding hydrogens is 364 g/mol. The van der Waals surface area contributed by atoms with Crippen molar-refractivity contribution in [3.63, 3.8) is 0 Å². The Morgan fingerprint density at radius 2 is 1.82 bits per heavy atom. The Bertz CT molecular complexity index is 916. The van der Waals surface area contributed by atoms with Gasteiger partial charge in [0, 0.05) is 11.3 Å². The van der Waals surface area contributed by atoms with Crippen molar-refractivity contribution < 1.29 is 28.6 Å². The van der Waals surface area contributed by atoms with Crippen LogP contribution < -0.4 is 14.8 Å². The number of nitriles is 1. The number of carbonyl (C=O) groups excluding carboxylic acids is 3. The third kappa shape index (κ3) is 4.86. The normalized spacial score (nSPS) is 9.75. The van der Waals surface area contributed by atoms with Gasteiger partial charge in [-0.3, -0.25) is 9.59 Å². The van der Waals surface area contributed by atoms with Crippen LogP contribution in [0.1, 0.15) is 26.3 Å². The number of hydrogen-bond acceptors (Lipinski definition) is 7. The summed E-state index contributed by atoms with van der Waals surface area (Å²) in [6, 6.07) is 11.6. The maximum Gasteiger partial charge on any atom is 0.343 e. The molecule has 144 valence electrons. The van der Waals surface area contributed by atoms with Gasteiger partial charge in [0.05, 0.1) is 26.7 Å². The topological polar surface area (TPSA) is 115 Å². The van der Waals surface area contributed by atoms with Crippen molar-refractivity contribution in [2.75, 3.05) is 26.1 Å². The molecule has 0 saturated carbocycles. The first kappa shape index (κ1) is 20.5. The number of carbonyl (C=O) groups is 3. The third-order valence-electron chi connectivity index (χ3n) is 3.76. The summed E-state index contributed by atoms with van der Waals surface area (Å²) in [5, 5.41) is 11.2.